The first kappa shape index (κ1) is 20.6. The molecular weight excluding hydrogens is 466 g/mol. The fraction of sp³-hybridized carbons (Fsp3) is 0.158. The molecule has 146 valence electrons. The van der Waals surface area contributed by atoms with Gasteiger partial charge in [0.1, 0.15) is 5.82 Å². The molecule has 6 nitrogen and oxygen atoms in total. The zero-order valence-electron chi connectivity index (χ0n) is 14.7. The first-order valence-corrected chi connectivity index (χ1v) is 11.2. The second-order valence-corrected chi connectivity index (χ2v) is 9.44. The van der Waals surface area contributed by atoms with Crippen LogP contribution < -0.4 is 5.32 Å². The fourth-order valence-corrected chi connectivity index (χ4v) is 4.32. The molecule has 0 radical (unpaired) electrons. The van der Waals surface area contributed by atoms with E-state index in [1.165, 1.54) is 24.3 Å². The van der Waals surface area contributed by atoms with Gasteiger partial charge in [0.15, 0.2) is 9.84 Å². The van der Waals surface area contributed by atoms with Crippen LogP contribution in [0.5, 0.6) is 0 Å². The van der Waals surface area contributed by atoms with Crippen molar-refractivity contribution >= 4 is 49.1 Å². The number of sulfone groups is 1. The Morgan fingerprint density at radius 1 is 1.11 bits per heavy atom. The molecule has 0 spiro atoms. The molecule has 0 unspecified atom stereocenters. The lowest BCUT2D eigenvalue weighted by Gasteiger charge is -2.10. The quantitative estimate of drug-likeness (QED) is 0.548. The molecule has 9 heteroatoms. The van der Waals surface area contributed by atoms with Crippen molar-refractivity contribution in [2.75, 3.05) is 11.1 Å². The van der Waals surface area contributed by atoms with Gasteiger partial charge in [0.2, 0.25) is 5.91 Å². The third-order valence-electron chi connectivity index (χ3n) is 4.03. The molecule has 1 heterocycles. The maximum absolute atomic E-state index is 12.4. The normalized spacial score (nSPS) is 11.4. The summed E-state index contributed by atoms with van der Waals surface area (Å²) in [7, 11) is -3.56. The number of nitrogens with one attached hydrogen (secondary N) is 1. The van der Waals surface area contributed by atoms with E-state index in [9.17, 15) is 13.2 Å². The van der Waals surface area contributed by atoms with E-state index in [0.717, 1.165) is 10.0 Å². The van der Waals surface area contributed by atoms with E-state index < -0.39 is 15.7 Å². The molecule has 1 amide bonds. The van der Waals surface area contributed by atoms with E-state index in [4.69, 9.17) is 11.6 Å². The van der Waals surface area contributed by atoms with Crippen LogP contribution in [0.15, 0.2) is 70.2 Å². The van der Waals surface area contributed by atoms with E-state index in [0.29, 0.717) is 17.4 Å². The van der Waals surface area contributed by atoms with Crippen LogP contribution in [0.3, 0.4) is 0 Å². The van der Waals surface area contributed by atoms with Crippen LogP contribution >= 0.6 is 27.5 Å². The van der Waals surface area contributed by atoms with Crippen molar-refractivity contribution in [3.05, 3.63) is 75.9 Å². The highest BCUT2D eigenvalue weighted by Crippen LogP contribution is 2.19. The SMILES string of the molecule is O=C(CCS(=O)(=O)c1ccc(Cl)cc1)Nc1ccnn1Cc1ccccc1Br. The number of hydrogen-bond acceptors (Lipinski definition) is 4. The molecule has 0 saturated carbocycles. The highest BCUT2D eigenvalue weighted by atomic mass is 79.9. The summed E-state index contributed by atoms with van der Waals surface area (Å²) >= 11 is 9.27. The van der Waals surface area contributed by atoms with Crippen molar-refractivity contribution in [3.8, 4) is 0 Å². The van der Waals surface area contributed by atoms with Gasteiger partial charge in [-0.25, -0.2) is 13.1 Å². The van der Waals surface area contributed by atoms with Gasteiger partial charge in [0.25, 0.3) is 0 Å². The second-order valence-electron chi connectivity index (χ2n) is 6.04. The maximum Gasteiger partial charge on any atom is 0.226 e. The van der Waals surface area contributed by atoms with Crippen molar-refractivity contribution in [2.45, 2.75) is 17.9 Å². The van der Waals surface area contributed by atoms with Gasteiger partial charge in [0.05, 0.1) is 23.4 Å². The maximum atomic E-state index is 12.4. The monoisotopic (exact) mass is 481 g/mol. The summed E-state index contributed by atoms with van der Waals surface area (Å²) in [5, 5.41) is 7.40. The Labute approximate surface area is 176 Å². The molecule has 2 aromatic carbocycles. The molecule has 0 atom stereocenters. The summed E-state index contributed by atoms with van der Waals surface area (Å²) in [6.07, 6.45) is 1.42. The number of benzene rings is 2. The molecule has 1 aromatic heterocycles. The van der Waals surface area contributed by atoms with Crippen molar-refractivity contribution in [1.82, 2.24) is 9.78 Å². The predicted molar refractivity (Wildman–Crippen MR) is 112 cm³/mol. The Kier molecular flexibility index (Phi) is 6.53. The molecule has 3 aromatic rings. The Bertz CT molecular complexity index is 1080. The molecule has 0 aliphatic carbocycles. The van der Waals surface area contributed by atoms with Crippen LogP contribution in [0, 0.1) is 0 Å². The minimum Gasteiger partial charge on any atom is -0.311 e. The van der Waals surface area contributed by atoms with Gasteiger partial charge >= 0.3 is 0 Å². The molecule has 28 heavy (non-hydrogen) atoms. The van der Waals surface area contributed by atoms with Gasteiger partial charge in [0, 0.05) is 22.0 Å². The molecule has 0 aliphatic heterocycles. The van der Waals surface area contributed by atoms with E-state index in [1.807, 2.05) is 24.3 Å². The van der Waals surface area contributed by atoms with Crippen molar-refractivity contribution < 1.29 is 13.2 Å². The zero-order chi connectivity index (χ0) is 20.1. The number of nitrogens with zero attached hydrogens (tertiary/aromatic N) is 2. The molecule has 0 saturated heterocycles. The lowest BCUT2D eigenvalue weighted by atomic mass is 10.2. The zero-order valence-corrected chi connectivity index (χ0v) is 17.8. The Hall–Kier alpha value is -2.16. The summed E-state index contributed by atoms with van der Waals surface area (Å²) in [6.45, 7) is 0.465. The minimum atomic E-state index is -3.56. The summed E-state index contributed by atoms with van der Waals surface area (Å²) in [4.78, 5) is 12.4. The number of hydrogen-bond donors (Lipinski definition) is 1. The third kappa shape index (κ3) is 5.21. The van der Waals surface area contributed by atoms with Crippen LogP contribution in [0.25, 0.3) is 0 Å². The Balaban J connectivity index is 1.62. The van der Waals surface area contributed by atoms with E-state index in [1.54, 1.807) is 16.9 Å². The predicted octanol–water partition coefficient (Wildman–Crippen LogP) is 4.15. The Morgan fingerprint density at radius 2 is 1.82 bits per heavy atom. The fourth-order valence-electron chi connectivity index (χ4n) is 2.55. The highest BCUT2D eigenvalue weighted by molar-refractivity contribution is 9.10. The first-order chi connectivity index (χ1) is 13.3. The number of aromatic nitrogens is 2. The molecule has 1 N–H and O–H groups in total. The highest BCUT2D eigenvalue weighted by Gasteiger charge is 2.17. The van der Waals surface area contributed by atoms with Gasteiger partial charge in [-0.15, -0.1) is 0 Å². The van der Waals surface area contributed by atoms with Crippen LogP contribution in [0.1, 0.15) is 12.0 Å². The van der Waals surface area contributed by atoms with E-state index >= 15 is 0 Å². The Morgan fingerprint density at radius 3 is 2.54 bits per heavy atom. The van der Waals surface area contributed by atoms with Gasteiger partial charge in [-0.05, 0) is 35.9 Å². The number of halogens is 2. The van der Waals surface area contributed by atoms with E-state index in [-0.39, 0.29) is 17.1 Å². The standard InChI is InChI=1S/C19H17BrClN3O3S/c20-17-4-2-1-3-14(17)13-24-18(9-11-22-24)23-19(25)10-12-28(26,27)16-7-5-15(21)6-8-16/h1-9,11H,10,12-13H2,(H,23,25). The third-order valence-corrected chi connectivity index (χ3v) is 6.79. The minimum absolute atomic E-state index is 0.142. The molecule has 0 aliphatic rings. The number of amides is 1. The molecule has 0 bridgehead atoms. The van der Waals surface area contributed by atoms with Gasteiger partial charge < -0.3 is 5.32 Å². The average Bonchev–Trinajstić information content (AvgIpc) is 3.09. The van der Waals surface area contributed by atoms with Crippen LogP contribution in [0.2, 0.25) is 5.02 Å². The second kappa shape index (κ2) is 8.89. The van der Waals surface area contributed by atoms with Gasteiger partial charge in [-0.1, -0.05) is 45.7 Å². The smallest absolute Gasteiger partial charge is 0.226 e. The number of anilines is 1. The largest absolute Gasteiger partial charge is 0.311 e. The van der Waals surface area contributed by atoms with Crippen LogP contribution in [-0.4, -0.2) is 29.9 Å². The molecule has 0 fully saturated rings. The van der Waals surface area contributed by atoms with Gasteiger partial charge in [-0.3, -0.25) is 4.79 Å². The molecular formula is C19H17BrClN3O3S. The summed E-state index contributed by atoms with van der Waals surface area (Å²) < 4.78 is 27.3. The summed E-state index contributed by atoms with van der Waals surface area (Å²) in [6, 6.07) is 15.3. The topological polar surface area (TPSA) is 81.1 Å². The van der Waals surface area contributed by atoms with Gasteiger partial charge in [-0.2, -0.15) is 5.10 Å². The lowest BCUT2D eigenvalue weighted by molar-refractivity contribution is -0.115. The number of carbonyl (C=O) groups excluding carboxylic acids is 1. The van der Waals surface area contributed by atoms with Crippen molar-refractivity contribution in [3.63, 3.8) is 0 Å². The van der Waals surface area contributed by atoms with Crippen molar-refractivity contribution in [2.24, 2.45) is 0 Å². The van der Waals surface area contributed by atoms with Crippen LogP contribution in [0.4, 0.5) is 5.82 Å². The summed E-state index contributed by atoms with van der Waals surface area (Å²) in [5.41, 5.74) is 1.01. The number of carbonyl (C=O) groups is 1. The lowest BCUT2D eigenvalue weighted by Crippen LogP contribution is -2.19. The molecule has 3 rings (SSSR count). The first-order valence-electron chi connectivity index (χ1n) is 8.38. The van der Waals surface area contributed by atoms with E-state index in [2.05, 4.69) is 26.3 Å². The van der Waals surface area contributed by atoms with Crippen molar-refractivity contribution in [1.29, 1.82) is 0 Å². The van der Waals surface area contributed by atoms with Crippen LogP contribution in [-0.2, 0) is 21.2 Å². The summed E-state index contributed by atoms with van der Waals surface area (Å²) in [5.74, 6) is -0.185. The number of rotatable bonds is 7. The average molecular weight is 483 g/mol.